The number of rotatable bonds is 4. The van der Waals surface area contributed by atoms with Crippen molar-refractivity contribution in [3.05, 3.63) is 94.8 Å². The first-order valence-electron chi connectivity index (χ1n) is 10.9. The molecule has 1 amide bonds. The van der Waals surface area contributed by atoms with Gasteiger partial charge in [-0.1, -0.05) is 59.7 Å². The number of imidazole rings is 1. The SMILES string of the molecule is Cc1ccc(Cn2c([C@@H]3CC(=O)N(c4ccc(C)cc4C)C3)nc3ccccc32)cc1. The first-order valence-corrected chi connectivity index (χ1v) is 10.9. The van der Waals surface area contributed by atoms with Crippen LogP contribution in [0.15, 0.2) is 66.7 Å². The van der Waals surface area contributed by atoms with E-state index in [1.54, 1.807) is 0 Å². The number of carbonyl (C=O) groups excluding carboxylic acids is 1. The number of para-hydroxylation sites is 2. The molecule has 0 unspecified atom stereocenters. The van der Waals surface area contributed by atoms with Gasteiger partial charge in [0.2, 0.25) is 5.91 Å². The highest BCUT2D eigenvalue weighted by Crippen LogP contribution is 2.35. The summed E-state index contributed by atoms with van der Waals surface area (Å²) < 4.78 is 2.30. The lowest BCUT2D eigenvalue weighted by Gasteiger charge is -2.20. The predicted molar refractivity (Wildman–Crippen MR) is 126 cm³/mol. The van der Waals surface area contributed by atoms with Crippen LogP contribution in [-0.4, -0.2) is 22.0 Å². The summed E-state index contributed by atoms with van der Waals surface area (Å²) in [5.74, 6) is 1.25. The Bertz CT molecular complexity index is 1270. The lowest BCUT2D eigenvalue weighted by Crippen LogP contribution is -2.25. The molecule has 1 saturated heterocycles. The van der Waals surface area contributed by atoms with Crippen LogP contribution < -0.4 is 4.90 Å². The van der Waals surface area contributed by atoms with E-state index in [1.807, 2.05) is 11.0 Å². The third kappa shape index (κ3) is 3.63. The molecule has 5 rings (SSSR count). The Morgan fingerprint density at radius 1 is 0.935 bits per heavy atom. The molecular weight excluding hydrogens is 382 g/mol. The zero-order valence-electron chi connectivity index (χ0n) is 18.3. The third-order valence-electron chi connectivity index (χ3n) is 6.28. The Balaban J connectivity index is 1.52. The monoisotopic (exact) mass is 409 g/mol. The number of hydrogen-bond acceptors (Lipinski definition) is 2. The van der Waals surface area contributed by atoms with Crippen LogP contribution in [0.4, 0.5) is 5.69 Å². The topological polar surface area (TPSA) is 38.1 Å². The Morgan fingerprint density at radius 2 is 1.68 bits per heavy atom. The van der Waals surface area contributed by atoms with Crippen LogP contribution in [0.25, 0.3) is 11.0 Å². The van der Waals surface area contributed by atoms with Gasteiger partial charge in [0.05, 0.1) is 11.0 Å². The average molecular weight is 410 g/mol. The van der Waals surface area contributed by atoms with Gasteiger partial charge in [-0.3, -0.25) is 4.79 Å². The maximum atomic E-state index is 13.0. The molecule has 0 spiro atoms. The number of amides is 1. The largest absolute Gasteiger partial charge is 0.323 e. The Hall–Kier alpha value is -3.40. The average Bonchev–Trinajstić information content (AvgIpc) is 3.30. The van der Waals surface area contributed by atoms with E-state index in [0.29, 0.717) is 13.0 Å². The molecule has 156 valence electrons. The highest BCUT2D eigenvalue weighted by atomic mass is 16.2. The quantitative estimate of drug-likeness (QED) is 0.444. The second kappa shape index (κ2) is 7.69. The fourth-order valence-corrected chi connectivity index (χ4v) is 4.67. The third-order valence-corrected chi connectivity index (χ3v) is 6.28. The van der Waals surface area contributed by atoms with Crippen molar-refractivity contribution < 1.29 is 4.79 Å². The Labute approximate surface area is 183 Å². The lowest BCUT2D eigenvalue weighted by atomic mass is 10.1. The Kier molecular flexibility index (Phi) is 4.85. The number of fused-ring (bicyclic) bond motifs is 1. The van der Waals surface area contributed by atoms with Crippen LogP contribution in [0.5, 0.6) is 0 Å². The summed E-state index contributed by atoms with van der Waals surface area (Å²) >= 11 is 0. The van der Waals surface area contributed by atoms with E-state index in [9.17, 15) is 4.79 Å². The highest BCUT2D eigenvalue weighted by molar-refractivity contribution is 5.97. The van der Waals surface area contributed by atoms with E-state index in [4.69, 9.17) is 4.98 Å². The number of nitrogens with zero attached hydrogens (tertiary/aromatic N) is 3. The number of carbonyl (C=O) groups is 1. The molecule has 3 aromatic carbocycles. The molecule has 1 aliphatic heterocycles. The summed E-state index contributed by atoms with van der Waals surface area (Å²) in [6.45, 7) is 7.69. The van der Waals surface area contributed by atoms with Crippen molar-refractivity contribution in [2.45, 2.75) is 39.7 Å². The van der Waals surface area contributed by atoms with E-state index in [1.165, 1.54) is 16.7 Å². The second-order valence-corrected chi connectivity index (χ2v) is 8.73. The maximum absolute atomic E-state index is 13.0. The number of hydrogen-bond donors (Lipinski definition) is 0. The van der Waals surface area contributed by atoms with Crippen LogP contribution in [-0.2, 0) is 11.3 Å². The molecule has 1 atom stereocenters. The fraction of sp³-hybridized carbons (Fsp3) is 0.259. The van der Waals surface area contributed by atoms with Crippen LogP contribution >= 0.6 is 0 Å². The van der Waals surface area contributed by atoms with Crippen LogP contribution in [0.1, 0.15) is 40.4 Å². The summed E-state index contributed by atoms with van der Waals surface area (Å²) in [5.41, 5.74) is 7.97. The second-order valence-electron chi connectivity index (χ2n) is 8.73. The molecule has 0 radical (unpaired) electrons. The van der Waals surface area contributed by atoms with Crippen molar-refractivity contribution in [2.24, 2.45) is 0 Å². The van der Waals surface area contributed by atoms with E-state index < -0.39 is 0 Å². The minimum Gasteiger partial charge on any atom is -0.323 e. The van der Waals surface area contributed by atoms with Crippen molar-refractivity contribution in [2.75, 3.05) is 11.4 Å². The normalized spacial score (nSPS) is 16.4. The van der Waals surface area contributed by atoms with E-state index in [-0.39, 0.29) is 11.8 Å². The van der Waals surface area contributed by atoms with E-state index in [2.05, 4.69) is 86.0 Å². The van der Waals surface area contributed by atoms with Crippen LogP contribution in [0, 0.1) is 20.8 Å². The predicted octanol–water partition coefficient (Wildman–Crippen LogP) is 5.53. The molecule has 1 aromatic heterocycles. The van der Waals surface area contributed by atoms with Gasteiger partial charge in [0.15, 0.2) is 0 Å². The van der Waals surface area contributed by atoms with Crippen molar-refractivity contribution in [1.82, 2.24) is 9.55 Å². The molecule has 0 N–H and O–H groups in total. The fourth-order valence-electron chi connectivity index (χ4n) is 4.67. The Morgan fingerprint density at radius 3 is 2.45 bits per heavy atom. The van der Waals surface area contributed by atoms with Crippen LogP contribution in [0.3, 0.4) is 0 Å². The van der Waals surface area contributed by atoms with Gasteiger partial charge < -0.3 is 9.47 Å². The molecule has 1 fully saturated rings. The summed E-state index contributed by atoms with van der Waals surface area (Å²) in [4.78, 5) is 19.9. The van der Waals surface area contributed by atoms with Gasteiger partial charge in [0.25, 0.3) is 0 Å². The number of aryl methyl sites for hydroxylation is 3. The summed E-state index contributed by atoms with van der Waals surface area (Å²) in [7, 11) is 0. The number of aromatic nitrogens is 2. The van der Waals surface area contributed by atoms with Gasteiger partial charge in [-0.05, 0) is 50.1 Å². The lowest BCUT2D eigenvalue weighted by molar-refractivity contribution is -0.117. The zero-order chi connectivity index (χ0) is 21.5. The van der Waals surface area contributed by atoms with Crippen molar-refractivity contribution in [1.29, 1.82) is 0 Å². The first kappa shape index (κ1) is 19.6. The van der Waals surface area contributed by atoms with Gasteiger partial charge in [0, 0.05) is 31.1 Å². The summed E-state index contributed by atoms with van der Waals surface area (Å²) in [6.07, 6.45) is 0.491. The van der Waals surface area contributed by atoms with Gasteiger partial charge >= 0.3 is 0 Å². The van der Waals surface area contributed by atoms with Crippen molar-refractivity contribution >= 4 is 22.6 Å². The molecule has 0 bridgehead atoms. The summed E-state index contributed by atoms with van der Waals surface area (Å²) in [6, 6.07) is 23.2. The van der Waals surface area contributed by atoms with Crippen molar-refractivity contribution in [3.63, 3.8) is 0 Å². The minimum absolute atomic E-state index is 0.0750. The molecule has 0 aliphatic carbocycles. The highest BCUT2D eigenvalue weighted by Gasteiger charge is 2.35. The molecule has 4 aromatic rings. The van der Waals surface area contributed by atoms with Gasteiger partial charge in [-0.2, -0.15) is 0 Å². The molecule has 1 aliphatic rings. The first-order chi connectivity index (χ1) is 15.0. The van der Waals surface area contributed by atoms with E-state index in [0.717, 1.165) is 34.7 Å². The standard InChI is InChI=1S/C27H27N3O/c1-18-8-11-21(12-9-18)16-30-25-7-5-4-6-23(25)28-27(30)22-15-26(31)29(17-22)24-13-10-19(2)14-20(24)3/h4-14,22H,15-17H2,1-3H3/t22-/m1/s1. The molecule has 31 heavy (non-hydrogen) atoms. The molecule has 4 nitrogen and oxygen atoms in total. The van der Waals surface area contributed by atoms with E-state index >= 15 is 0 Å². The number of benzene rings is 3. The van der Waals surface area contributed by atoms with Crippen LogP contribution in [0.2, 0.25) is 0 Å². The maximum Gasteiger partial charge on any atom is 0.227 e. The van der Waals surface area contributed by atoms with Gasteiger partial charge in [-0.25, -0.2) is 4.98 Å². The minimum atomic E-state index is 0.0750. The van der Waals surface area contributed by atoms with Crippen molar-refractivity contribution in [3.8, 4) is 0 Å². The number of anilines is 1. The van der Waals surface area contributed by atoms with Gasteiger partial charge in [-0.15, -0.1) is 0 Å². The summed E-state index contributed by atoms with van der Waals surface area (Å²) in [5, 5.41) is 0. The molecule has 2 heterocycles. The molecule has 4 heteroatoms. The van der Waals surface area contributed by atoms with Gasteiger partial charge in [0.1, 0.15) is 5.82 Å². The molecular formula is C27H27N3O. The smallest absolute Gasteiger partial charge is 0.227 e. The zero-order valence-corrected chi connectivity index (χ0v) is 18.3. The molecule has 0 saturated carbocycles.